The standard InChI is InChI=1S/C15H15F9O2/c1-11(2,3)12(13(16,17)18,14(19,20)21)25-8-9-6-4-5-7-10(9)26-15(22,23)24/h4-7H,8H2,1-3H3. The van der Waals surface area contributed by atoms with Gasteiger partial charge in [0.15, 0.2) is 0 Å². The Morgan fingerprint density at radius 3 is 1.62 bits per heavy atom. The summed E-state index contributed by atoms with van der Waals surface area (Å²) in [5, 5.41) is 0. The van der Waals surface area contributed by atoms with Gasteiger partial charge < -0.3 is 9.47 Å². The smallest absolute Gasteiger partial charge is 0.405 e. The summed E-state index contributed by atoms with van der Waals surface area (Å²) in [4.78, 5) is 0. The van der Waals surface area contributed by atoms with Gasteiger partial charge in [0.1, 0.15) is 5.75 Å². The second-order valence-electron chi connectivity index (χ2n) is 6.37. The van der Waals surface area contributed by atoms with Gasteiger partial charge in [-0.25, -0.2) is 0 Å². The lowest BCUT2D eigenvalue weighted by molar-refractivity contribution is -0.413. The van der Waals surface area contributed by atoms with Crippen LogP contribution in [0.4, 0.5) is 39.5 Å². The van der Waals surface area contributed by atoms with Crippen LogP contribution in [0.3, 0.4) is 0 Å². The first kappa shape index (κ1) is 22.4. The molecule has 0 fully saturated rings. The molecule has 150 valence electrons. The van der Waals surface area contributed by atoms with Crippen LogP contribution in [0, 0.1) is 5.41 Å². The Morgan fingerprint density at radius 2 is 1.23 bits per heavy atom. The van der Waals surface area contributed by atoms with Gasteiger partial charge in [0.25, 0.3) is 5.60 Å². The van der Waals surface area contributed by atoms with Crippen LogP contribution in [0.25, 0.3) is 0 Å². The summed E-state index contributed by atoms with van der Waals surface area (Å²) in [5.41, 5.74) is -7.71. The van der Waals surface area contributed by atoms with Crippen LogP contribution in [-0.2, 0) is 11.3 Å². The minimum Gasteiger partial charge on any atom is -0.405 e. The van der Waals surface area contributed by atoms with E-state index in [1.165, 1.54) is 0 Å². The minimum absolute atomic E-state index is 0.619. The molecule has 0 bridgehead atoms. The Labute approximate surface area is 142 Å². The zero-order valence-corrected chi connectivity index (χ0v) is 13.7. The summed E-state index contributed by atoms with van der Waals surface area (Å²) >= 11 is 0. The van der Waals surface area contributed by atoms with E-state index >= 15 is 0 Å². The van der Waals surface area contributed by atoms with Crippen molar-refractivity contribution >= 4 is 0 Å². The number of hydrogen-bond donors (Lipinski definition) is 0. The van der Waals surface area contributed by atoms with E-state index < -0.39 is 47.7 Å². The molecule has 1 aromatic carbocycles. The van der Waals surface area contributed by atoms with Crippen molar-refractivity contribution in [3.8, 4) is 5.75 Å². The van der Waals surface area contributed by atoms with Crippen molar-refractivity contribution in [2.24, 2.45) is 5.41 Å². The fourth-order valence-corrected chi connectivity index (χ4v) is 2.42. The third kappa shape index (κ3) is 4.54. The zero-order valence-electron chi connectivity index (χ0n) is 13.7. The second-order valence-corrected chi connectivity index (χ2v) is 6.37. The van der Waals surface area contributed by atoms with Crippen LogP contribution in [-0.4, -0.2) is 24.3 Å². The SMILES string of the molecule is CC(C)(C)C(OCc1ccccc1OC(F)(F)F)(C(F)(F)F)C(F)(F)F. The fraction of sp³-hybridized carbons (Fsp3) is 0.600. The molecule has 0 N–H and O–H groups in total. The molecule has 0 spiro atoms. The molecule has 11 heteroatoms. The van der Waals surface area contributed by atoms with Gasteiger partial charge in [-0.05, 0) is 6.07 Å². The molecule has 0 heterocycles. The van der Waals surface area contributed by atoms with Gasteiger partial charge in [-0.1, -0.05) is 39.0 Å². The second kappa shape index (κ2) is 6.82. The maximum absolute atomic E-state index is 13.4. The highest BCUT2D eigenvalue weighted by Crippen LogP contribution is 2.55. The van der Waals surface area contributed by atoms with Crippen LogP contribution >= 0.6 is 0 Å². The summed E-state index contributed by atoms with van der Waals surface area (Å²) in [6.07, 6.45) is -16.9. The monoisotopic (exact) mass is 398 g/mol. The fourth-order valence-electron chi connectivity index (χ4n) is 2.42. The molecule has 0 aliphatic heterocycles. The molecule has 0 atom stereocenters. The highest BCUT2D eigenvalue weighted by Gasteiger charge is 2.77. The van der Waals surface area contributed by atoms with E-state index in [0.717, 1.165) is 24.3 Å². The molecular weight excluding hydrogens is 383 g/mol. The Kier molecular flexibility index (Phi) is 5.87. The van der Waals surface area contributed by atoms with Crippen molar-refractivity contribution in [2.45, 2.75) is 51.7 Å². The molecule has 26 heavy (non-hydrogen) atoms. The number of ether oxygens (including phenoxy) is 2. The molecule has 0 aromatic heterocycles. The normalized spacial score (nSPS) is 14.5. The highest BCUT2D eigenvalue weighted by atomic mass is 19.4. The number of benzene rings is 1. The number of hydrogen-bond acceptors (Lipinski definition) is 2. The summed E-state index contributed by atoms with van der Waals surface area (Å²) in [6, 6.07) is 3.84. The van der Waals surface area contributed by atoms with E-state index in [2.05, 4.69) is 9.47 Å². The Bertz CT molecular complexity index is 573. The first-order chi connectivity index (χ1) is 11.4. The van der Waals surface area contributed by atoms with Crippen molar-refractivity contribution in [2.75, 3.05) is 0 Å². The Hall–Kier alpha value is -1.65. The molecule has 1 rings (SSSR count). The average Bonchev–Trinajstić information content (AvgIpc) is 2.34. The van der Waals surface area contributed by atoms with E-state index in [4.69, 9.17) is 0 Å². The molecule has 0 aliphatic carbocycles. The largest absolute Gasteiger partial charge is 0.573 e. The molecule has 0 aliphatic rings. The lowest BCUT2D eigenvalue weighted by atomic mass is 9.75. The van der Waals surface area contributed by atoms with Gasteiger partial charge >= 0.3 is 18.7 Å². The van der Waals surface area contributed by atoms with Crippen molar-refractivity contribution in [1.82, 2.24) is 0 Å². The molecular formula is C15H15F9O2. The van der Waals surface area contributed by atoms with Gasteiger partial charge in [0.05, 0.1) is 6.61 Å². The molecule has 0 saturated carbocycles. The molecule has 0 unspecified atom stereocenters. The lowest BCUT2D eigenvalue weighted by Crippen LogP contribution is -2.66. The Balaban J connectivity index is 3.33. The summed E-state index contributed by atoms with van der Waals surface area (Å²) < 4.78 is 125. The number of para-hydroxylation sites is 1. The number of rotatable bonds is 4. The van der Waals surface area contributed by atoms with Gasteiger partial charge in [-0.3, -0.25) is 0 Å². The van der Waals surface area contributed by atoms with E-state index in [9.17, 15) is 39.5 Å². The average molecular weight is 398 g/mol. The zero-order chi connectivity index (χ0) is 20.6. The van der Waals surface area contributed by atoms with E-state index in [0.29, 0.717) is 20.8 Å². The third-order valence-electron chi connectivity index (χ3n) is 3.50. The van der Waals surface area contributed by atoms with Crippen LogP contribution in [0.1, 0.15) is 26.3 Å². The van der Waals surface area contributed by atoms with Gasteiger partial charge in [-0.2, -0.15) is 26.3 Å². The van der Waals surface area contributed by atoms with Crippen molar-refractivity contribution < 1.29 is 49.0 Å². The van der Waals surface area contributed by atoms with Crippen LogP contribution in [0.15, 0.2) is 24.3 Å². The molecule has 1 aromatic rings. The Morgan fingerprint density at radius 1 is 0.769 bits per heavy atom. The number of halogens is 9. The highest BCUT2D eigenvalue weighted by molar-refractivity contribution is 5.33. The topological polar surface area (TPSA) is 18.5 Å². The molecule has 0 saturated heterocycles. The summed E-state index contributed by atoms with van der Waals surface area (Å²) in [6.45, 7) is 0.618. The summed E-state index contributed by atoms with van der Waals surface area (Å²) in [5.74, 6) is -0.952. The van der Waals surface area contributed by atoms with Gasteiger partial charge in [-0.15, -0.1) is 13.2 Å². The maximum Gasteiger partial charge on any atom is 0.573 e. The van der Waals surface area contributed by atoms with E-state index in [1.807, 2.05) is 0 Å². The quantitative estimate of drug-likeness (QED) is 0.579. The first-order valence-corrected chi connectivity index (χ1v) is 7.03. The predicted octanol–water partition coefficient (Wildman–Crippen LogP) is 6.01. The molecule has 2 nitrogen and oxygen atoms in total. The molecule has 0 radical (unpaired) electrons. The van der Waals surface area contributed by atoms with E-state index in [1.54, 1.807) is 0 Å². The van der Waals surface area contributed by atoms with Crippen LogP contribution < -0.4 is 4.74 Å². The van der Waals surface area contributed by atoms with Gasteiger partial charge in [0.2, 0.25) is 0 Å². The van der Waals surface area contributed by atoms with E-state index in [-0.39, 0.29) is 0 Å². The maximum atomic E-state index is 13.4. The van der Waals surface area contributed by atoms with Gasteiger partial charge in [0, 0.05) is 11.0 Å². The van der Waals surface area contributed by atoms with Crippen molar-refractivity contribution in [3.63, 3.8) is 0 Å². The van der Waals surface area contributed by atoms with Crippen LogP contribution in [0.5, 0.6) is 5.75 Å². The van der Waals surface area contributed by atoms with Crippen LogP contribution in [0.2, 0.25) is 0 Å². The van der Waals surface area contributed by atoms with Crippen molar-refractivity contribution in [1.29, 1.82) is 0 Å². The molecule has 0 amide bonds. The number of alkyl halides is 9. The predicted molar refractivity (Wildman–Crippen MR) is 72.2 cm³/mol. The van der Waals surface area contributed by atoms with Crippen molar-refractivity contribution in [3.05, 3.63) is 29.8 Å². The summed E-state index contributed by atoms with van der Waals surface area (Å²) in [7, 11) is 0. The minimum atomic E-state index is -5.87. The lowest BCUT2D eigenvalue weighted by Gasteiger charge is -2.46. The third-order valence-corrected chi connectivity index (χ3v) is 3.50. The first-order valence-electron chi connectivity index (χ1n) is 7.03.